The van der Waals surface area contributed by atoms with E-state index in [9.17, 15) is 8.42 Å². The monoisotopic (exact) mass is 326 g/mol. The van der Waals surface area contributed by atoms with Gasteiger partial charge in [0.2, 0.25) is 10.0 Å². The second kappa shape index (κ2) is 6.20. The minimum atomic E-state index is -3.72. The molecule has 3 rings (SSSR count). The number of para-hydroxylation sites is 2. The molecule has 116 valence electrons. The van der Waals surface area contributed by atoms with Crippen LogP contribution < -0.4 is 4.72 Å². The van der Waals surface area contributed by atoms with Gasteiger partial charge in [0.25, 0.3) is 0 Å². The van der Waals surface area contributed by atoms with Gasteiger partial charge in [0.15, 0.2) is 0 Å². The first kappa shape index (κ1) is 15.2. The summed E-state index contributed by atoms with van der Waals surface area (Å²) >= 11 is 0. The molecule has 2 N–H and O–H groups in total. The number of nitrogens with one attached hydrogen (secondary N) is 2. The fourth-order valence-electron chi connectivity index (χ4n) is 2.30. The SMILES string of the molecule is N#Cc1ccccc1S(=O)(=O)NCCc1nc2ccccc2[nH]1. The van der Waals surface area contributed by atoms with Crippen LogP contribution in [0.2, 0.25) is 0 Å². The van der Waals surface area contributed by atoms with Crippen molar-refractivity contribution in [1.29, 1.82) is 5.26 Å². The summed E-state index contributed by atoms with van der Waals surface area (Å²) < 4.78 is 27.1. The van der Waals surface area contributed by atoms with Gasteiger partial charge in [0.05, 0.1) is 21.5 Å². The number of H-pyrrole nitrogens is 1. The van der Waals surface area contributed by atoms with E-state index in [0.29, 0.717) is 12.2 Å². The van der Waals surface area contributed by atoms with E-state index in [2.05, 4.69) is 14.7 Å². The lowest BCUT2D eigenvalue weighted by atomic mass is 10.2. The molecule has 0 aliphatic heterocycles. The Balaban J connectivity index is 1.71. The van der Waals surface area contributed by atoms with Crippen LogP contribution in [0.4, 0.5) is 0 Å². The highest BCUT2D eigenvalue weighted by Gasteiger charge is 2.17. The van der Waals surface area contributed by atoms with Gasteiger partial charge in [0.1, 0.15) is 11.9 Å². The molecular formula is C16H14N4O2S. The first-order chi connectivity index (χ1) is 11.1. The molecule has 0 radical (unpaired) electrons. The van der Waals surface area contributed by atoms with Crippen LogP contribution in [0, 0.1) is 11.3 Å². The second-order valence-electron chi connectivity index (χ2n) is 4.96. The van der Waals surface area contributed by atoms with E-state index < -0.39 is 10.0 Å². The summed E-state index contributed by atoms with van der Waals surface area (Å²) in [5.74, 6) is 0.711. The van der Waals surface area contributed by atoms with Crippen molar-refractivity contribution >= 4 is 21.1 Å². The van der Waals surface area contributed by atoms with Crippen LogP contribution in [0.15, 0.2) is 53.4 Å². The van der Waals surface area contributed by atoms with Crippen molar-refractivity contribution in [3.63, 3.8) is 0 Å². The van der Waals surface area contributed by atoms with E-state index >= 15 is 0 Å². The van der Waals surface area contributed by atoms with Crippen molar-refractivity contribution in [2.45, 2.75) is 11.3 Å². The van der Waals surface area contributed by atoms with Crippen LogP contribution in [0.5, 0.6) is 0 Å². The first-order valence-corrected chi connectivity index (χ1v) is 8.51. The minimum Gasteiger partial charge on any atom is -0.342 e. The molecule has 0 aliphatic carbocycles. The van der Waals surface area contributed by atoms with Crippen molar-refractivity contribution in [3.05, 3.63) is 59.9 Å². The van der Waals surface area contributed by atoms with Gasteiger partial charge in [-0.25, -0.2) is 18.1 Å². The average Bonchev–Trinajstić information content (AvgIpc) is 2.97. The summed E-state index contributed by atoms with van der Waals surface area (Å²) in [5.41, 5.74) is 1.89. The van der Waals surface area contributed by atoms with Crippen LogP contribution in [-0.2, 0) is 16.4 Å². The molecule has 0 fully saturated rings. The van der Waals surface area contributed by atoms with Gasteiger partial charge in [0, 0.05) is 13.0 Å². The molecule has 0 spiro atoms. The normalized spacial score (nSPS) is 11.4. The van der Waals surface area contributed by atoms with Crippen molar-refractivity contribution in [2.24, 2.45) is 0 Å². The molecule has 3 aromatic rings. The largest absolute Gasteiger partial charge is 0.342 e. The van der Waals surface area contributed by atoms with Gasteiger partial charge in [-0.2, -0.15) is 5.26 Å². The highest BCUT2D eigenvalue weighted by molar-refractivity contribution is 7.89. The van der Waals surface area contributed by atoms with Gasteiger partial charge >= 0.3 is 0 Å². The second-order valence-corrected chi connectivity index (χ2v) is 6.69. The molecule has 0 unspecified atom stereocenters. The Kier molecular flexibility index (Phi) is 4.10. The molecular weight excluding hydrogens is 312 g/mol. The minimum absolute atomic E-state index is 0.00731. The predicted molar refractivity (Wildman–Crippen MR) is 86.1 cm³/mol. The molecule has 2 aromatic carbocycles. The lowest BCUT2D eigenvalue weighted by molar-refractivity contribution is 0.581. The Hall–Kier alpha value is -2.69. The number of aromatic amines is 1. The third-order valence-electron chi connectivity index (χ3n) is 3.39. The van der Waals surface area contributed by atoms with E-state index in [0.717, 1.165) is 11.0 Å². The summed E-state index contributed by atoms with van der Waals surface area (Å²) in [4.78, 5) is 7.53. The topological polar surface area (TPSA) is 98.6 Å². The zero-order valence-corrected chi connectivity index (χ0v) is 13.0. The van der Waals surface area contributed by atoms with E-state index in [4.69, 9.17) is 5.26 Å². The third-order valence-corrected chi connectivity index (χ3v) is 4.91. The molecule has 0 aliphatic rings. The summed E-state index contributed by atoms with van der Waals surface area (Å²) in [6, 6.07) is 15.6. The number of nitriles is 1. The Labute approximate surface area is 133 Å². The molecule has 6 nitrogen and oxygen atoms in total. The molecule has 0 amide bonds. The number of hydrogen-bond donors (Lipinski definition) is 2. The smallest absolute Gasteiger partial charge is 0.241 e. The summed E-state index contributed by atoms with van der Waals surface area (Å²) in [7, 11) is -3.72. The van der Waals surface area contributed by atoms with Crippen LogP contribution in [0.1, 0.15) is 11.4 Å². The van der Waals surface area contributed by atoms with Crippen LogP contribution in [0.3, 0.4) is 0 Å². The molecule has 0 bridgehead atoms. The van der Waals surface area contributed by atoms with Crippen LogP contribution >= 0.6 is 0 Å². The fourth-order valence-corrected chi connectivity index (χ4v) is 3.49. The van der Waals surface area contributed by atoms with E-state index in [-0.39, 0.29) is 17.0 Å². The number of nitrogens with zero attached hydrogens (tertiary/aromatic N) is 2. The number of fused-ring (bicyclic) bond motifs is 1. The quantitative estimate of drug-likeness (QED) is 0.748. The lowest BCUT2D eigenvalue weighted by Crippen LogP contribution is -2.26. The maximum atomic E-state index is 12.3. The number of benzene rings is 2. The molecule has 1 heterocycles. The van der Waals surface area contributed by atoms with Crippen molar-refractivity contribution in [1.82, 2.24) is 14.7 Å². The van der Waals surface area contributed by atoms with Gasteiger partial charge < -0.3 is 4.98 Å². The van der Waals surface area contributed by atoms with Gasteiger partial charge in [-0.05, 0) is 24.3 Å². The Morgan fingerprint density at radius 1 is 1.13 bits per heavy atom. The predicted octanol–water partition coefficient (Wildman–Crippen LogP) is 1.96. The van der Waals surface area contributed by atoms with E-state index in [1.54, 1.807) is 12.1 Å². The van der Waals surface area contributed by atoms with E-state index in [1.165, 1.54) is 12.1 Å². The molecule has 0 saturated carbocycles. The Morgan fingerprint density at radius 2 is 1.87 bits per heavy atom. The number of aromatic nitrogens is 2. The number of hydrogen-bond acceptors (Lipinski definition) is 4. The van der Waals surface area contributed by atoms with E-state index in [1.807, 2.05) is 30.3 Å². The first-order valence-electron chi connectivity index (χ1n) is 7.02. The molecule has 1 aromatic heterocycles. The molecule has 0 atom stereocenters. The van der Waals surface area contributed by atoms with Crippen LogP contribution in [-0.4, -0.2) is 24.9 Å². The fraction of sp³-hybridized carbons (Fsp3) is 0.125. The highest BCUT2D eigenvalue weighted by atomic mass is 32.2. The van der Waals surface area contributed by atoms with Gasteiger partial charge in [-0.15, -0.1) is 0 Å². The van der Waals surface area contributed by atoms with Gasteiger partial charge in [-0.1, -0.05) is 24.3 Å². The third kappa shape index (κ3) is 3.23. The van der Waals surface area contributed by atoms with Crippen molar-refractivity contribution in [2.75, 3.05) is 6.54 Å². The number of sulfonamides is 1. The number of rotatable bonds is 5. The summed E-state index contributed by atoms with van der Waals surface area (Å²) in [5, 5.41) is 9.01. The number of imidazole rings is 1. The maximum absolute atomic E-state index is 12.3. The summed E-state index contributed by atoms with van der Waals surface area (Å²) in [6.07, 6.45) is 0.433. The molecule has 23 heavy (non-hydrogen) atoms. The molecule has 0 saturated heterocycles. The zero-order valence-electron chi connectivity index (χ0n) is 12.2. The molecule has 7 heteroatoms. The maximum Gasteiger partial charge on any atom is 0.241 e. The Morgan fingerprint density at radius 3 is 2.65 bits per heavy atom. The summed E-state index contributed by atoms with van der Waals surface area (Å²) in [6.45, 7) is 0.196. The standard InChI is InChI=1S/C16H14N4O2S/c17-11-12-5-1-4-8-15(12)23(21,22)18-10-9-16-19-13-6-2-3-7-14(13)20-16/h1-8,18H,9-10H2,(H,19,20). The average molecular weight is 326 g/mol. The lowest BCUT2D eigenvalue weighted by Gasteiger charge is -2.07. The van der Waals surface area contributed by atoms with Crippen molar-refractivity contribution in [3.8, 4) is 6.07 Å². The highest BCUT2D eigenvalue weighted by Crippen LogP contribution is 2.14. The Bertz CT molecular complexity index is 953. The van der Waals surface area contributed by atoms with Crippen LogP contribution in [0.25, 0.3) is 11.0 Å². The van der Waals surface area contributed by atoms with Gasteiger partial charge in [-0.3, -0.25) is 0 Å². The zero-order chi connectivity index (χ0) is 16.3. The van der Waals surface area contributed by atoms with Crippen molar-refractivity contribution < 1.29 is 8.42 Å².